The first-order valence-corrected chi connectivity index (χ1v) is 5.64. The van der Waals surface area contributed by atoms with Crippen molar-refractivity contribution in [2.24, 2.45) is 0 Å². The zero-order chi connectivity index (χ0) is 12.8. The monoisotopic (exact) mass is 239 g/mol. The van der Waals surface area contributed by atoms with Crippen molar-refractivity contribution in [1.82, 2.24) is 5.32 Å². The molecule has 0 spiro atoms. The normalized spacial score (nSPS) is 10.5. The Morgan fingerprint density at radius 2 is 1.47 bits per heavy atom. The molecule has 0 saturated heterocycles. The number of benzene rings is 1. The van der Waals surface area contributed by atoms with Crippen LogP contribution in [-0.2, 0) is 6.54 Å². The highest BCUT2D eigenvalue weighted by Gasteiger charge is 2.11. The van der Waals surface area contributed by atoms with E-state index < -0.39 is 0 Å². The molecule has 0 aliphatic heterocycles. The standard InChI is InChI=1S/C13H21NO3/c1-9(2)14-8-10-6-12(16-4)13(17-5)7-11(10)15-3/h6-7,9,14H,8H2,1-5H3. The molecule has 4 nitrogen and oxygen atoms in total. The Kier molecular flexibility index (Phi) is 5.10. The molecule has 0 saturated carbocycles. The Labute approximate surface area is 103 Å². The van der Waals surface area contributed by atoms with Crippen LogP contribution in [0, 0.1) is 0 Å². The molecular formula is C13H21NO3. The molecule has 0 aromatic heterocycles. The van der Waals surface area contributed by atoms with Gasteiger partial charge in [0.1, 0.15) is 5.75 Å². The van der Waals surface area contributed by atoms with Crippen molar-refractivity contribution in [2.75, 3.05) is 21.3 Å². The number of nitrogens with one attached hydrogen (secondary N) is 1. The number of hydrogen-bond acceptors (Lipinski definition) is 4. The van der Waals surface area contributed by atoms with Crippen molar-refractivity contribution in [3.63, 3.8) is 0 Å². The van der Waals surface area contributed by atoms with Gasteiger partial charge in [-0.3, -0.25) is 0 Å². The van der Waals surface area contributed by atoms with Crippen LogP contribution in [0.1, 0.15) is 19.4 Å². The Balaban J connectivity index is 3.01. The van der Waals surface area contributed by atoms with Gasteiger partial charge in [-0.15, -0.1) is 0 Å². The Morgan fingerprint density at radius 1 is 0.941 bits per heavy atom. The van der Waals surface area contributed by atoms with Gasteiger partial charge in [0.25, 0.3) is 0 Å². The highest BCUT2D eigenvalue weighted by Crippen LogP contribution is 2.34. The van der Waals surface area contributed by atoms with Gasteiger partial charge in [-0.2, -0.15) is 0 Å². The Hall–Kier alpha value is -1.42. The van der Waals surface area contributed by atoms with Crippen LogP contribution in [0.5, 0.6) is 17.2 Å². The minimum Gasteiger partial charge on any atom is -0.496 e. The third-order valence-corrected chi connectivity index (χ3v) is 2.49. The fraction of sp³-hybridized carbons (Fsp3) is 0.538. The summed E-state index contributed by atoms with van der Waals surface area (Å²) in [6.45, 7) is 4.95. The summed E-state index contributed by atoms with van der Waals surface area (Å²) < 4.78 is 15.9. The van der Waals surface area contributed by atoms with Crippen LogP contribution in [0.3, 0.4) is 0 Å². The van der Waals surface area contributed by atoms with Crippen molar-refractivity contribution in [3.8, 4) is 17.2 Å². The zero-order valence-corrected chi connectivity index (χ0v) is 11.2. The van der Waals surface area contributed by atoms with Crippen LogP contribution in [0.4, 0.5) is 0 Å². The average molecular weight is 239 g/mol. The van der Waals surface area contributed by atoms with E-state index in [0.717, 1.165) is 17.9 Å². The van der Waals surface area contributed by atoms with E-state index in [-0.39, 0.29) is 0 Å². The molecule has 0 aliphatic rings. The maximum atomic E-state index is 5.34. The molecule has 4 heteroatoms. The topological polar surface area (TPSA) is 39.7 Å². The van der Waals surface area contributed by atoms with Gasteiger partial charge in [0.15, 0.2) is 11.5 Å². The molecule has 0 bridgehead atoms. The lowest BCUT2D eigenvalue weighted by atomic mass is 10.1. The Bertz CT molecular complexity index is 364. The van der Waals surface area contributed by atoms with Gasteiger partial charge in [-0.25, -0.2) is 0 Å². The van der Waals surface area contributed by atoms with Gasteiger partial charge in [-0.05, 0) is 6.07 Å². The zero-order valence-electron chi connectivity index (χ0n) is 11.2. The molecule has 0 aliphatic carbocycles. The van der Waals surface area contributed by atoms with E-state index in [2.05, 4.69) is 19.2 Å². The molecule has 17 heavy (non-hydrogen) atoms. The number of ether oxygens (including phenoxy) is 3. The lowest BCUT2D eigenvalue weighted by Crippen LogP contribution is -2.22. The lowest BCUT2D eigenvalue weighted by molar-refractivity contribution is 0.347. The summed E-state index contributed by atoms with van der Waals surface area (Å²) in [6, 6.07) is 4.20. The molecule has 0 radical (unpaired) electrons. The first-order valence-electron chi connectivity index (χ1n) is 5.64. The summed E-state index contributed by atoms with van der Waals surface area (Å²) in [6.07, 6.45) is 0. The third-order valence-electron chi connectivity index (χ3n) is 2.49. The minimum atomic E-state index is 0.424. The third kappa shape index (κ3) is 3.53. The maximum Gasteiger partial charge on any atom is 0.164 e. The maximum absolute atomic E-state index is 5.34. The molecule has 1 aromatic carbocycles. The molecule has 0 heterocycles. The largest absolute Gasteiger partial charge is 0.496 e. The fourth-order valence-electron chi connectivity index (χ4n) is 1.54. The number of methoxy groups -OCH3 is 3. The van der Waals surface area contributed by atoms with Gasteiger partial charge in [0, 0.05) is 24.2 Å². The predicted octanol–water partition coefficient (Wildman–Crippen LogP) is 2.21. The quantitative estimate of drug-likeness (QED) is 0.826. The molecule has 0 amide bonds. The molecule has 1 aromatic rings. The molecule has 0 unspecified atom stereocenters. The van der Waals surface area contributed by atoms with Crippen molar-refractivity contribution >= 4 is 0 Å². The van der Waals surface area contributed by atoms with E-state index >= 15 is 0 Å². The second-order valence-electron chi connectivity index (χ2n) is 4.05. The molecular weight excluding hydrogens is 218 g/mol. The summed E-state index contributed by atoms with van der Waals surface area (Å²) in [5.74, 6) is 2.20. The average Bonchev–Trinajstić information content (AvgIpc) is 2.34. The second kappa shape index (κ2) is 6.35. The smallest absolute Gasteiger partial charge is 0.164 e. The molecule has 1 N–H and O–H groups in total. The van der Waals surface area contributed by atoms with Crippen LogP contribution in [-0.4, -0.2) is 27.4 Å². The van der Waals surface area contributed by atoms with E-state index in [4.69, 9.17) is 14.2 Å². The van der Waals surface area contributed by atoms with E-state index in [1.807, 2.05) is 12.1 Å². The predicted molar refractivity (Wildman–Crippen MR) is 68.1 cm³/mol. The van der Waals surface area contributed by atoms with Crippen LogP contribution >= 0.6 is 0 Å². The van der Waals surface area contributed by atoms with E-state index in [1.165, 1.54) is 0 Å². The first-order chi connectivity index (χ1) is 8.12. The fourth-order valence-corrected chi connectivity index (χ4v) is 1.54. The van der Waals surface area contributed by atoms with Crippen molar-refractivity contribution < 1.29 is 14.2 Å². The highest BCUT2D eigenvalue weighted by molar-refractivity contribution is 5.50. The SMILES string of the molecule is COc1cc(OC)c(OC)cc1CNC(C)C. The van der Waals surface area contributed by atoms with Crippen LogP contribution < -0.4 is 19.5 Å². The molecule has 0 fully saturated rings. The number of rotatable bonds is 6. The van der Waals surface area contributed by atoms with Gasteiger partial charge >= 0.3 is 0 Å². The summed E-state index contributed by atoms with van der Waals surface area (Å²) in [5, 5.41) is 3.35. The van der Waals surface area contributed by atoms with Crippen molar-refractivity contribution in [2.45, 2.75) is 26.4 Å². The molecule has 1 rings (SSSR count). The van der Waals surface area contributed by atoms with Gasteiger partial charge in [-0.1, -0.05) is 13.8 Å². The van der Waals surface area contributed by atoms with E-state index in [9.17, 15) is 0 Å². The summed E-state index contributed by atoms with van der Waals surface area (Å²) in [7, 11) is 4.90. The Morgan fingerprint density at radius 3 is 1.94 bits per heavy atom. The summed E-state index contributed by atoms with van der Waals surface area (Å²) >= 11 is 0. The van der Waals surface area contributed by atoms with Crippen molar-refractivity contribution in [1.29, 1.82) is 0 Å². The highest BCUT2D eigenvalue weighted by atomic mass is 16.5. The van der Waals surface area contributed by atoms with Gasteiger partial charge < -0.3 is 19.5 Å². The van der Waals surface area contributed by atoms with Crippen LogP contribution in [0.15, 0.2) is 12.1 Å². The van der Waals surface area contributed by atoms with Crippen LogP contribution in [0.2, 0.25) is 0 Å². The molecule has 96 valence electrons. The van der Waals surface area contributed by atoms with Crippen LogP contribution in [0.25, 0.3) is 0 Å². The van der Waals surface area contributed by atoms with Gasteiger partial charge in [0.2, 0.25) is 0 Å². The second-order valence-corrected chi connectivity index (χ2v) is 4.05. The van der Waals surface area contributed by atoms with Gasteiger partial charge in [0.05, 0.1) is 21.3 Å². The van der Waals surface area contributed by atoms with E-state index in [0.29, 0.717) is 17.5 Å². The van der Waals surface area contributed by atoms with E-state index in [1.54, 1.807) is 21.3 Å². The van der Waals surface area contributed by atoms with Crippen molar-refractivity contribution in [3.05, 3.63) is 17.7 Å². The first kappa shape index (κ1) is 13.6. The summed E-state index contributed by atoms with van der Waals surface area (Å²) in [4.78, 5) is 0. The molecule has 0 atom stereocenters. The minimum absolute atomic E-state index is 0.424. The summed E-state index contributed by atoms with van der Waals surface area (Å²) in [5.41, 5.74) is 1.05. The number of hydrogen-bond donors (Lipinski definition) is 1. The lowest BCUT2D eigenvalue weighted by Gasteiger charge is -2.15.